The Morgan fingerprint density at radius 1 is 1.50 bits per heavy atom. The van der Waals surface area contributed by atoms with Crippen molar-refractivity contribution >= 4 is 22.4 Å². The number of thiazole rings is 1. The number of carboxylic acid groups (broad SMARTS) is 1. The van der Waals surface area contributed by atoms with E-state index in [1.54, 1.807) is 13.8 Å². The molecule has 1 aromatic rings. The Kier molecular flexibility index (Phi) is 4.68. The smallest absolute Gasteiger partial charge is 0.315 e. The average molecular weight is 296 g/mol. The lowest BCUT2D eigenvalue weighted by molar-refractivity contribution is -0.142. The highest BCUT2D eigenvalue weighted by Gasteiger charge is 2.32. The monoisotopic (exact) mass is 296 g/mol. The third-order valence-corrected chi connectivity index (χ3v) is 5.28. The lowest BCUT2D eigenvalue weighted by Crippen LogP contribution is -2.29. The molecule has 0 radical (unpaired) electrons. The lowest BCUT2D eigenvalue weighted by atomic mass is 9.80. The van der Waals surface area contributed by atoms with Crippen LogP contribution in [0, 0.1) is 11.8 Å². The maximum Gasteiger partial charge on any atom is 0.315 e. The maximum absolute atomic E-state index is 11.2. The fourth-order valence-electron chi connectivity index (χ4n) is 2.67. The van der Waals surface area contributed by atoms with Crippen LogP contribution in [0.25, 0.3) is 0 Å². The zero-order chi connectivity index (χ0) is 14.8. The zero-order valence-electron chi connectivity index (χ0n) is 12.5. The van der Waals surface area contributed by atoms with Crippen molar-refractivity contribution < 1.29 is 9.90 Å². The van der Waals surface area contributed by atoms with Gasteiger partial charge < -0.3 is 10.4 Å². The largest absolute Gasteiger partial charge is 0.481 e. The summed E-state index contributed by atoms with van der Waals surface area (Å²) in [4.78, 5) is 15.7. The number of aliphatic carboxylic acids is 1. The van der Waals surface area contributed by atoms with E-state index < -0.39 is 11.4 Å². The molecule has 5 heteroatoms. The lowest BCUT2D eigenvalue weighted by Gasteiger charge is -2.28. The molecule has 2 N–H and O–H groups in total. The highest BCUT2D eigenvalue weighted by molar-refractivity contribution is 7.13. The van der Waals surface area contributed by atoms with E-state index in [9.17, 15) is 9.90 Å². The van der Waals surface area contributed by atoms with Gasteiger partial charge in [0.25, 0.3) is 0 Å². The molecule has 112 valence electrons. The first-order valence-electron chi connectivity index (χ1n) is 7.34. The summed E-state index contributed by atoms with van der Waals surface area (Å²) >= 11 is 1.50. The SMILES string of the molecule is CC1CCCCC1CNc1nc(C(C)(C)C(=O)O)cs1. The van der Waals surface area contributed by atoms with E-state index >= 15 is 0 Å². The van der Waals surface area contributed by atoms with Gasteiger partial charge in [0.1, 0.15) is 5.41 Å². The number of hydrogen-bond acceptors (Lipinski definition) is 4. The molecule has 2 atom stereocenters. The summed E-state index contributed by atoms with van der Waals surface area (Å²) in [6.07, 6.45) is 5.28. The summed E-state index contributed by atoms with van der Waals surface area (Å²) in [5.74, 6) is 0.643. The quantitative estimate of drug-likeness (QED) is 0.869. The van der Waals surface area contributed by atoms with Gasteiger partial charge in [0, 0.05) is 11.9 Å². The van der Waals surface area contributed by atoms with Crippen molar-refractivity contribution in [3.05, 3.63) is 11.1 Å². The fourth-order valence-corrected chi connectivity index (χ4v) is 3.55. The van der Waals surface area contributed by atoms with Crippen molar-refractivity contribution in [2.24, 2.45) is 11.8 Å². The predicted molar refractivity (Wildman–Crippen MR) is 82.4 cm³/mol. The van der Waals surface area contributed by atoms with Crippen LogP contribution in [0.1, 0.15) is 52.1 Å². The molecule has 1 fully saturated rings. The minimum atomic E-state index is -0.922. The number of nitrogens with one attached hydrogen (secondary N) is 1. The molecule has 0 aliphatic heterocycles. The van der Waals surface area contributed by atoms with Gasteiger partial charge in [-0.25, -0.2) is 4.98 Å². The van der Waals surface area contributed by atoms with Crippen LogP contribution in [0.5, 0.6) is 0 Å². The first-order chi connectivity index (χ1) is 9.41. The normalized spacial score (nSPS) is 23.6. The summed E-state index contributed by atoms with van der Waals surface area (Å²) in [5, 5.41) is 15.3. The minimum absolute atomic E-state index is 0.634. The summed E-state index contributed by atoms with van der Waals surface area (Å²) in [7, 11) is 0. The number of carboxylic acids is 1. The molecular weight excluding hydrogens is 272 g/mol. The Bertz CT molecular complexity index is 470. The van der Waals surface area contributed by atoms with Gasteiger partial charge >= 0.3 is 5.97 Å². The highest BCUT2D eigenvalue weighted by Crippen LogP contribution is 2.31. The third-order valence-electron chi connectivity index (χ3n) is 4.48. The van der Waals surface area contributed by atoms with Gasteiger partial charge in [-0.2, -0.15) is 0 Å². The molecule has 2 rings (SSSR count). The van der Waals surface area contributed by atoms with E-state index in [-0.39, 0.29) is 0 Å². The molecule has 0 bridgehead atoms. The van der Waals surface area contributed by atoms with Gasteiger partial charge in [-0.15, -0.1) is 11.3 Å². The minimum Gasteiger partial charge on any atom is -0.481 e. The number of hydrogen-bond donors (Lipinski definition) is 2. The zero-order valence-corrected chi connectivity index (χ0v) is 13.3. The first-order valence-corrected chi connectivity index (χ1v) is 8.22. The summed E-state index contributed by atoms with van der Waals surface area (Å²) in [5.41, 5.74) is -0.289. The van der Waals surface area contributed by atoms with Crippen LogP contribution in [0.15, 0.2) is 5.38 Å². The Morgan fingerprint density at radius 3 is 2.85 bits per heavy atom. The van der Waals surface area contributed by atoms with Crippen molar-refractivity contribution in [1.29, 1.82) is 0 Å². The molecule has 2 unspecified atom stereocenters. The topological polar surface area (TPSA) is 62.2 Å². The summed E-state index contributed by atoms with van der Waals surface area (Å²) < 4.78 is 0. The molecule has 0 saturated heterocycles. The molecular formula is C15H24N2O2S. The number of aromatic nitrogens is 1. The molecule has 1 aliphatic carbocycles. The Labute approximate surface area is 124 Å². The van der Waals surface area contributed by atoms with Gasteiger partial charge in [0.05, 0.1) is 5.69 Å². The molecule has 4 nitrogen and oxygen atoms in total. The van der Waals surface area contributed by atoms with Crippen LogP contribution < -0.4 is 5.32 Å². The molecule has 0 spiro atoms. The molecule has 0 aromatic carbocycles. The van der Waals surface area contributed by atoms with E-state index in [4.69, 9.17) is 0 Å². The van der Waals surface area contributed by atoms with Gasteiger partial charge in [-0.1, -0.05) is 26.2 Å². The Balaban J connectivity index is 1.94. The van der Waals surface area contributed by atoms with E-state index in [0.717, 1.165) is 17.6 Å². The molecule has 1 aromatic heterocycles. The van der Waals surface area contributed by atoms with Crippen molar-refractivity contribution in [1.82, 2.24) is 4.98 Å². The summed E-state index contributed by atoms with van der Waals surface area (Å²) in [6.45, 7) is 6.66. The van der Waals surface area contributed by atoms with Crippen LogP contribution in [0.2, 0.25) is 0 Å². The van der Waals surface area contributed by atoms with Crippen molar-refractivity contribution in [2.75, 3.05) is 11.9 Å². The first kappa shape index (κ1) is 15.3. The molecule has 1 heterocycles. The predicted octanol–water partition coefficient (Wildman–Crippen LogP) is 3.74. The van der Waals surface area contributed by atoms with Crippen LogP contribution >= 0.6 is 11.3 Å². The Hall–Kier alpha value is -1.10. The molecule has 20 heavy (non-hydrogen) atoms. The van der Waals surface area contributed by atoms with Crippen LogP contribution in [-0.2, 0) is 10.2 Å². The van der Waals surface area contributed by atoms with E-state index in [1.165, 1.54) is 37.0 Å². The van der Waals surface area contributed by atoms with Gasteiger partial charge in [0.15, 0.2) is 5.13 Å². The summed E-state index contributed by atoms with van der Waals surface area (Å²) in [6, 6.07) is 0. The number of carbonyl (C=O) groups is 1. The Morgan fingerprint density at radius 2 is 2.20 bits per heavy atom. The van der Waals surface area contributed by atoms with E-state index in [1.807, 2.05) is 5.38 Å². The fraction of sp³-hybridized carbons (Fsp3) is 0.733. The van der Waals surface area contributed by atoms with E-state index in [0.29, 0.717) is 11.6 Å². The van der Waals surface area contributed by atoms with Gasteiger partial charge in [0.2, 0.25) is 0 Å². The van der Waals surface area contributed by atoms with E-state index in [2.05, 4.69) is 17.2 Å². The van der Waals surface area contributed by atoms with Crippen LogP contribution in [-0.4, -0.2) is 22.6 Å². The second-order valence-electron chi connectivity index (χ2n) is 6.37. The standard InChI is InChI=1S/C15H24N2O2S/c1-10-6-4-5-7-11(10)8-16-14-17-12(9-20-14)15(2,3)13(18)19/h9-11H,4-8H2,1-3H3,(H,16,17)(H,18,19). The number of rotatable bonds is 5. The number of nitrogens with zero attached hydrogens (tertiary/aromatic N) is 1. The second-order valence-corrected chi connectivity index (χ2v) is 7.23. The van der Waals surface area contributed by atoms with Crippen LogP contribution in [0.3, 0.4) is 0 Å². The molecule has 1 aliphatic rings. The van der Waals surface area contributed by atoms with Crippen LogP contribution in [0.4, 0.5) is 5.13 Å². The van der Waals surface area contributed by atoms with Crippen molar-refractivity contribution in [3.63, 3.8) is 0 Å². The van der Waals surface area contributed by atoms with Gasteiger partial charge in [-0.3, -0.25) is 4.79 Å². The highest BCUT2D eigenvalue weighted by atomic mass is 32.1. The second kappa shape index (κ2) is 6.12. The maximum atomic E-state index is 11.2. The molecule has 0 amide bonds. The average Bonchev–Trinajstić information content (AvgIpc) is 2.87. The third kappa shape index (κ3) is 3.32. The van der Waals surface area contributed by atoms with Crippen molar-refractivity contribution in [3.8, 4) is 0 Å². The number of anilines is 1. The van der Waals surface area contributed by atoms with Gasteiger partial charge in [-0.05, 0) is 32.1 Å². The molecule has 1 saturated carbocycles. The van der Waals surface area contributed by atoms with Crippen molar-refractivity contribution in [2.45, 2.75) is 51.9 Å².